The summed E-state index contributed by atoms with van der Waals surface area (Å²) in [5.41, 5.74) is 5.76. The van der Waals surface area contributed by atoms with Crippen LogP contribution in [0.1, 0.15) is 24.0 Å². The SMILES string of the molecule is C=CCC1=C(CC=C)c2cccc3cccc(c23)C1. The molecule has 0 bridgehead atoms. The molecule has 19 heavy (non-hydrogen) atoms. The lowest BCUT2D eigenvalue weighted by Gasteiger charge is -2.23. The Morgan fingerprint density at radius 2 is 1.68 bits per heavy atom. The van der Waals surface area contributed by atoms with Crippen LogP contribution in [0.5, 0.6) is 0 Å². The fourth-order valence-electron chi connectivity index (χ4n) is 3.11. The van der Waals surface area contributed by atoms with E-state index in [2.05, 4.69) is 49.6 Å². The highest BCUT2D eigenvalue weighted by Crippen LogP contribution is 2.39. The standard InChI is InChI=1S/C19H18/c1-3-7-15-13-16-11-5-9-14-10-6-12-18(19(14)16)17(15)8-4-2/h3-6,9-12H,1-2,7-8,13H2. The normalized spacial score (nSPS) is 13.7. The van der Waals surface area contributed by atoms with E-state index < -0.39 is 0 Å². The number of benzene rings is 2. The summed E-state index contributed by atoms with van der Waals surface area (Å²) in [6, 6.07) is 13.2. The lowest BCUT2D eigenvalue weighted by Crippen LogP contribution is -2.04. The molecule has 0 unspecified atom stereocenters. The molecule has 1 aliphatic rings. The van der Waals surface area contributed by atoms with Gasteiger partial charge in [0.25, 0.3) is 0 Å². The topological polar surface area (TPSA) is 0 Å². The van der Waals surface area contributed by atoms with Gasteiger partial charge in [-0.2, -0.15) is 0 Å². The maximum absolute atomic E-state index is 3.91. The predicted octanol–water partition coefficient (Wildman–Crippen LogP) is 5.30. The Morgan fingerprint density at radius 1 is 0.947 bits per heavy atom. The fraction of sp³-hybridized carbons (Fsp3) is 0.158. The van der Waals surface area contributed by atoms with Gasteiger partial charge in [0.15, 0.2) is 0 Å². The minimum absolute atomic E-state index is 0.941. The van der Waals surface area contributed by atoms with Gasteiger partial charge in [-0.05, 0) is 46.7 Å². The van der Waals surface area contributed by atoms with Crippen LogP contribution in [0.2, 0.25) is 0 Å². The Labute approximate surface area is 114 Å². The zero-order valence-corrected chi connectivity index (χ0v) is 11.2. The molecule has 3 rings (SSSR count). The second-order valence-corrected chi connectivity index (χ2v) is 5.07. The summed E-state index contributed by atoms with van der Waals surface area (Å²) in [7, 11) is 0. The van der Waals surface area contributed by atoms with Crippen LogP contribution in [0, 0.1) is 0 Å². The van der Waals surface area contributed by atoms with Crippen molar-refractivity contribution in [3.05, 3.63) is 78.4 Å². The average Bonchev–Trinajstić information content (AvgIpc) is 2.43. The molecule has 0 heterocycles. The molecule has 0 aromatic heterocycles. The van der Waals surface area contributed by atoms with Gasteiger partial charge in [-0.25, -0.2) is 0 Å². The van der Waals surface area contributed by atoms with Crippen molar-refractivity contribution in [1.29, 1.82) is 0 Å². The largest absolute Gasteiger partial charge is 0.103 e. The molecule has 0 N–H and O–H groups in total. The molecule has 2 aromatic carbocycles. The lowest BCUT2D eigenvalue weighted by molar-refractivity contribution is 1.05. The summed E-state index contributed by atoms with van der Waals surface area (Å²) in [6.45, 7) is 7.80. The van der Waals surface area contributed by atoms with E-state index in [0.717, 1.165) is 19.3 Å². The highest BCUT2D eigenvalue weighted by Gasteiger charge is 2.18. The van der Waals surface area contributed by atoms with Crippen LogP contribution in [-0.4, -0.2) is 0 Å². The van der Waals surface area contributed by atoms with Crippen LogP contribution in [-0.2, 0) is 6.42 Å². The summed E-state index contributed by atoms with van der Waals surface area (Å²) in [5.74, 6) is 0. The minimum atomic E-state index is 0.941. The first-order valence-electron chi connectivity index (χ1n) is 6.79. The van der Waals surface area contributed by atoms with E-state index in [1.807, 2.05) is 12.2 Å². The Kier molecular flexibility index (Phi) is 3.08. The summed E-state index contributed by atoms with van der Waals surface area (Å²) >= 11 is 0. The van der Waals surface area contributed by atoms with Crippen molar-refractivity contribution >= 4 is 16.3 Å². The molecule has 0 amide bonds. The summed E-state index contributed by atoms with van der Waals surface area (Å²) < 4.78 is 0. The predicted molar refractivity (Wildman–Crippen MR) is 84.2 cm³/mol. The third-order valence-electron chi connectivity index (χ3n) is 3.89. The maximum Gasteiger partial charge on any atom is -0.00515 e. The van der Waals surface area contributed by atoms with Crippen LogP contribution in [0.3, 0.4) is 0 Å². The van der Waals surface area contributed by atoms with Crippen molar-refractivity contribution in [2.75, 3.05) is 0 Å². The first kappa shape index (κ1) is 12.0. The average molecular weight is 246 g/mol. The van der Waals surface area contributed by atoms with Crippen molar-refractivity contribution in [2.45, 2.75) is 19.3 Å². The van der Waals surface area contributed by atoms with E-state index in [0.29, 0.717) is 0 Å². The summed E-state index contributed by atoms with van der Waals surface area (Å²) in [6.07, 6.45) is 6.96. The third kappa shape index (κ3) is 1.94. The maximum atomic E-state index is 3.91. The molecule has 0 nitrogen and oxygen atoms in total. The van der Waals surface area contributed by atoms with Gasteiger partial charge in [-0.3, -0.25) is 0 Å². The quantitative estimate of drug-likeness (QED) is 0.642. The van der Waals surface area contributed by atoms with Gasteiger partial charge in [0.2, 0.25) is 0 Å². The number of rotatable bonds is 4. The first-order chi connectivity index (χ1) is 9.35. The molecule has 94 valence electrons. The van der Waals surface area contributed by atoms with Crippen LogP contribution in [0.4, 0.5) is 0 Å². The van der Waals surface area contributed by atoms with E-state index in [1.54, 1.807) is 0 Å². The molecule has 2 aromatic rings. The summed E-state index contributed by atoms with van der Waals surface area (Å²) in [4.78, 5) is 0. The van der Waals surface area contributed by atoms with E-state index >= 15 is 0 Å². The number of hydrogen-bond donors (Lipinski definition) is 0. The Balaban J connectivity index is 2.30. The molecule has 0 heteroatoms. The van der Waals surface area contributed by atoms with Gasteiger partial charge in [0.1, 0.15) is 0 Å². The van der Waals surface area contributed by atoms with Crippen molar-refractivity contribution in [3.63, 3.8) is 0 Å². The van der Waals surface area contributed by atoms with Gasteiger partial charge >= 0.3 is 0 Å². The van der Waals surface area contributed by atoms with Crippen LogP contribution in [0.25, 0.3) is 16.3 Å². The molecular weight excluding hydrogens is 228 g/mol. The van der Waals surface area contributed by atoms with Crippen molar-refractivity contribution in [1.82, 2.24) is 0 Å². The monoisotopic (exact) mass is 246 g/mol. The molecule has 0 saturated carbocycles. The lowest BCUT2D eigenvalue weighted by atomic mass is 9.81. The molecular formula is C19H18. The van der Waals surface area contributed by atoms with Gasteiger partial charge < -0.3 is 0 Å². The number of hydrogen-bond acceptors (Lipinski definition) is 0. The van der Waals surface area contributed by atoms with Crippen molar-refractivity contribution in [3.8, 4) is 0 Å². The Morgan fingerprint density at radius 3 is 2.42 bits per heavy atom. The third-order valence-corrected chi connectivity index (χ3v) is 3.89. The second-order valence-electron chi connectivity index (χ2n) is 5.07. The van der Waals surface area contributed by atoms with Crippen molar-refractivity contribution in [2.24, 2.45) is 0 Å². The minimum Gasteiger partial charge on any atom is -0.103 e. The van der Waals surface area contributed by atoms with E-state index in [4.69, 9.17) is 0 Å². The second kappa shape index (κ2) is 4.89. The van der Waals surface area contributed by atoms with Gasteiger partial charge in [0, 0.05) is 0 Å². The van der Waals surface area contributed by atoms with E-state index in [1.165, 1.54) is 33.0 Å². The van der Waals surface area contributed by atoms with Gasteiger partial charge in [0.05, 0.1) is 0 Å². The Hall–Kier alpha value is -2.08. The molecule has 0 aliphatic heterocycles. The number of allylic oxidation sites excluding steroid dienone is 4. The first-order valence-corrected chi connectivity index (χ1v) is 6.79. The van der Waals surface area contributed by atoms with Crippen LogP contribution in [0.15, 0.2) is 67.3 Å². The highest BCUT2D eigenvalue weighted by molar-refractivity contribution is 5.99. The zero-order chi connectivity index (χ0) is 13.2. The zero-order valence-electron chi connectivity index (χ0n) is 11.2. The smallest absolute Gasteiger partial charge is 0.00515 e. The fourth-order valence-corrected chi connectivity index (χ4v) is 3.11. The van der Waals surface area contributed by atoms with Crippen LogP contribution >= 0.6 is 0 Å². The van der Waals surface area contributed by atoms with Crippen LogP contribution < -0.4 is 0 Å². The summed E-state index contributed by atoms with van der Waals surface area (Å²) in [5, 5.41) is 2.77. The molecule has 1 aliphatic carbocycles. The highest BCUT2D eigenvalue weighted by atomic mass is 14.2. The van der Waals surface area contributed by atoms with Crippen molar-refractivity contribution < 1.29 is 0 Å². The molecule has 0 saturated heterocycles. The molecule has 0 radical (unpaired) electrons. The molecule has 0 atom stereocenters. The van der Waals surface area contributed by atoms with Gasteiger partial charge in [-0.1, -0.05) is 54.1 Å². The van der Waals surface area contributed by atoms with E-state index in [-0.39, 0.29) is 0 Å². The van der Waals surface area contributed by atoms with Gasteiger partial charge in [-0.15, -0.1) is 13.2 Å². The van der Waals surface area contributed by atoms with E-state index in [9.17, 15) is 0 Å². The Bertz CT molecular complexity index is 681. The molecule has 0 spiro atoms. The molecule has 0 fully saturated rings.